The van der Waals surface area contributed by atoms with Gasteiger partial charge in [0.2, 0.25) is 27.8 Å². The van der Waals surface area contributed by atoms with E-state index in [4.69, 9.17) is 4.74 Å². The predicted molar refractivity (Wildman–Crippen MR) is 107 cm³/mol. The maximum absolute atomic E-state index is 12.6. The first-order valence-corrected chi connectivity index (χ1v) is 11.0. The minimum Gasteiger partial charge on any atom is -0.378 e. The normalized spacial score (nSPS) is 17.6. The fourth-order valence-corrected chi connectivity index (χ4v) is 4.29. The van der Waals surface area contributed by atoms with Crippen molar-refractivity contribution in [3.63, 3.8) is 0 Å². The summed E-state index contributed by atoms with van der Waals surface area (Å²) in [5.74, 6) is -0.0265. The molecule has 30 heavy (non-hydrogen) atoms. The third kappa shape index (κ3) is 4.32. The number of sulfonamides is 1. The van der Waals surface area contributed by atoms with Gasteiger partial charge in [0.25, 0.3) is 0 Å². The van der Waals surface area contributed by atoms with Crippen molar-refractivity contribution in [1.29, 1.82) is 0 Å². The van der Waals surface area contributed by atoms with Crippen LogP contribution in [0.3, 0.4) is 0 Å². The van der Waals surface area contributed by atoms with E-state index in [1.807, 2.05) is 4.90 Å². The first-order valence-electron chi connectivity index (χ1n) is 9.54. The molecule has 0 bridgehead atoms. The molecular weight excluding hydrogens is 410 g/mol. The Bertz CT molecular complexity index is 1040. The van der Waals surface area contributed by atoms with Gasteiger partial charge in [-0.1, -0.05) is 0 Å². The Labute approximate surface area is 173 Å². The lowest BCUT2D eigenvalue weighted by atomic mass is 10.3. The molecule has 0 aliphatic carbocycles. The topological polar surface area (TPSA) is 122 Å². The molecule has 3 heterocycles. The highest BCUT2D eigenvalue weighted by Crippen LogP contribution is 2.24. The second-order valence-corrected chi connectivity index (χ2v) is 8.66. The van der Waals surface area contributed by atoms with E-state index < -0.39 is 10.0 Å². The van der Waals surface area contributed by atoms with E-state index in [1.165, 1.54) is 24.3 Å². The fraction of sp³-hybridized carbons (Fsp3) is 0.368. The molecule has 1 aromatic heterocycles. The zero-order chi connectivity index (χ0) is 21.1. The summed E-state index contributed by atoms with van der Waals surface area (Å²) in [4.78, 5) is 35.4. The van der Waals surface area contributed by atoms with Crippen LogP contribution in [0.2, 0.25) is 0 Å². The molecule has 1 aromatic carbocycles. The van der Waals surface area contributed by atoms with Crippen molar-refractivity contribution in [2.45, 2.75) is 24.3 Å². The van der Waals surface area contributed by atoms with Crippen molar-refractivity contribution < 1.29 is 22.7 Å². The monoisotopic (exact) mass is 431 g/mol. The number of nitrogens with zero attached hydrogens (tertiary/aromatic N) is 4. The number of morpholine rings is 1. The standard InChI is InChI=1S/C19H21N5O5S/c25-17-5-6-18(26)24(17)15-1-3-16(4-2-15)30(27,28)21-13-14-7-8-20-19(22-14)23-9-11-29-12-10-23/h1-4,7-8,21H,5-6,9-13H2. The number of carbonyl (C=O) groups is 2. The molecule has 0 atom stereocenters. The molecule has 2 aliphatic heterocycles. The van der Waals surface area contributed by atoms with Crippen LogP contribution in [0, 0.1) is 0 Å². The highest BCUT2D eigenvalue weighted by molar-refractivity contribution is 7.89. The second-order valence-electron chi connectivity index (χ2n) is 6.89. The van der Waals surface area contributed by atoms with Crippen molar-refractivity contribution in [3.05, 3.63) is 42.2 Å². The van der Waals surface area contributed by atoms with Gasteiger partial charge >= 0.3 is 0 Å². The van der Waals surface area contributed by atoms with Crippen molar-refractivity contribution >= 4 is 33.5 Å². The number of rotatable bonds is 6. The Hall–Kier alpha value is -2.89. The van der Waals surface area contributed by atoms with Gasteiger partial charge in [-0.25, -0.2) is 23.1 Å². The molecule has 0 unspecified atom stereocenters. The largest absolute Gasteiger partial charge is 0.378 e. The van der Waals surface area contributed by atoms with Crippen molar-refractivity contribution in [1.82, 2.24) is 14.7 Å². The maximum atomic E-state index is 12.6. The number of anilines is 2. The van der Waals surface area contributed by atoms with Crippen LogP contribution < -0.4 is 14.5 Å². The predicted octanol–water partition coefficient (Wildman–Crippen LogP) is 0.445. The van der Waals surface area contributed by atoms with Gasteiger partial charge in [-0.2, -0.15) is 0 Å². The lowest BCUT2D eigenvalue weighted by molar-refractivity contribution is -0.121. The summed E-state index contributed by atoms with van der Waals surface area (Å²) >= 11 is 0. The molecule has 2 aliphatic rings. The highest BCUT2D eigenvalue weighted by Gasteiger charge is 2.30. The average Bonchev–Trinajstić information content (AvgIpc) is 3.11. The Morgan fingerprint density at radius 3 is 2.33 bits per heavy atom. The van der Waals surface area contributed by atoms with Crippen LogP contribution in [0.1, 0.15) is 18.5 Å². The van der Waals surface area contributed by atoms with E-state index in [1.54, 1.807) is 12.3 Å². The molecule has 158 valence electrons. The zero-order valence-electron chi connectivity index (χ0n) is 16.2. The van der Waals surface area contributed by atoms with E-state index in [9.17, 15) is 18.0 Å². The number of amides is 2. The molecule has 11 heteroatoms. The van der Waals surface area contributed by atoms with Crippen molar-refractivity contribution in [2.75, 3.05) is 36.1 Å². The molecule has 10 nitrogen and oxygen atoms in total. The van der Waals surface area contributed by atoms with Gasteiger partial charge in [-0.05, 0) is 30.3 Å². The maximum Gasteiger partial charge on any atom is 0.240 e. The Kier molecular flexibility index (Phi) is 5.75. The Balaban J connectivity index is 1.43. The molecule has 0 spiro atoms. The summed E-state index contributed by atoms with van der Waals surface area (Å²) < 4.78 is 33.1. The minimum absolute atomic E-state index is 0.00699. The molecule has 0 radical (unpaired) electrons. The minimum atomic E-state index is -3.80. The van der Waals surface area contributed by atoms with E-state index in [0.29, 0.717) is 43.6 Å². The smallest absolute Gasteiger partial charge is 0.240 e. The van der Waals surface area contributed by atoms with Crippen LogP contribution in [-0.2, 0) is 30.9 Å². The average molecular weight is 431 g/mol. The van der Waals surface area contributed by atoms with Crippen LogP contribution in [0.25, 0.3) is 0 Å². The number of hydrogen-bond acceptors (Lipinski definition) is 8. The van der Waals surface area contributed by atoms with Crippen LogP contribution in [0.4, 0.5) is 11.6 Å². The Morgan fingerprint density at radius 2 is 1.67 bits per heavy atom. The van der Waals surface area contributed by atoms with Gasteiger partial charge in [0.15, 0.2) is 0 Å². The summed E-state index contributed by atoms with van der Waals surface area (Å²) in [7, 11) is -3.80. The number of ether oxygens (including phenoxy) is 1. The van der Waals surface area contributed by atoms with Crippen molar-refractivity contribution in [3.8, 4) is 0 Å². The summed E-state index contributed by atoms with van der Waals surface area (Å²) in [5.41, 5.74) is 0.910. The van der Waals surface area contributed by atoms with E-state index in [0.717, 1.165) is 4.90 Å². The van der Waals surface area contributed by atoms with Crippen LogP contribution in [0.5, 0.6) is 0 Å². The number of aromatic nitrogens is 2. The summed E-state index contributed by atoms with van der Waals surface area (Å²) in [5, 5.41) is 0. The molecule has 2 saturated heterocycles. The molecule has 2 fully saturated rings. The van der Waals surface area contributed by atoms with E-state index in [-0.39, 0.29) is 36.1 Å². The lowest BCUT2D eigenvalue weighted by Gasteiger charge is -2.26. The molecule has 2 aromatic rings. The van der Waals surface area contributed by atoms with E-state index in [2.05, 4.69) is 14.7 Å². The van der Waals surface area contributed by atoms with Crippen molar-refractivity contribution in [2.24, 2.45) is 0 Å². The lowest BCUT2D eigenvalue weighted by Crippen LogP contribution is -2.37. The third-order valence-corrected chi connectivity index (χ3v) is 6.31. The molecule has 4 rings (SSSR count). The first-order chi connectivity index (χ1) is 14.4. The second kappa shape index (κ2) is 8.46. The summed E-state index contributed by atoms with van der Waals surface area (Å²) in [6, 6.07) is 7.30. The summed E-state index contributed by atoms with van der Waals surface area (Å²) in [6.07, 6.45) is 1.94. The molecular formula is C19H21N5O5S. The number of imide groups is 1. The van der Waals surface area contributed by atoms with E-state index >= 15 is 0 Å². The van der Waals surface area contributed by atoms with Crippen LogP contribution in [0.15, 0.2) is 41.4 Å². The number of carbonyl (C=O) groups excluding carboxylic acids is 2. The van der Waals surface area contributed by atoms with Gasteiger partial charge in [0.1, 0.15) is 0 Å². The number of benzene rings is 1. The molecule has 0 saturated carbocycles. The van der Waals surface area contributed by atoms with Gasteiger partial charge in [-0.15, -0.1) is 0 Å². The number of hydrogen-bond donors (Lipinski definition) is 1. The molecule has 1 N–H and O–H groups in total. The number of nitrogens with one attached hydrogen (secondary N) is 1. The first kappa shape index (κ1) is 20.4. The van der Waals surface area contributed by atoms with Crippen LogP contribution in [-0.4, -0.2) is 56.5 Å². The fourth-order valence-electron chi connectivity index (χ4n) is 3.29. The van der Waals surface area contributed by atoms with Gasteiger partial charge in [0, 0.05) is 32.1 Å². The van der Waals surface area contributed by atoms with Gasteiger partial charge in [-0.3, -0.25) is 14.5 Å². The van der Waals surface area contributed by atoms with Gasteiger partial charge < -0.3 is 9.64 Å². The van der Waals surface area contributed by atoms with Crippen LogP contribution >= 0.6 is 0 Å². The quantitative estimate of drug-likeness (QED) is 0.654. The summed E-state index contributed by atoms with van der Waals surface area (Å²) in [6.45, 7) is 2.58. The van der Waals surface area contributed by atoms with Gasteiger partial charge in [0.05, 0.1) is 36.0 Å². The third-order valence-electron chi connectivity index (χ3n) is 4.89. The highest BCUT2D eigenvalue weighted by atomic mass is 32.2. The SMILES string of the molecule is O=C1CCC(=O)N1c1ccc(S(=O)(=O)NCc2ccnc(N3CCOCC3)n2)cc1. The zero-order valence-corrected chi connectivity index (χ0v) is 17.0. The Morgan fingerprint density at radius 1 is 1.00 bits per heavy atom. The molecule has 2 amide bonds.